The third-order valence-electron chi connectivity index (χ3n) is 2.44. The second kappa shape index (κ2) is 5.34. The lowest BCUT2D eigenvalue weighted by Crippen LogP contribution is -2.06. The predicted molar refractivity (Wildman–Crippen MR) is 67.4 cm³/mol. The first kappa shape index (κ1) is 14.1. The Labute approximate surface area is 116 Å². The molecule has 3 nitrogen and oxygen atoms in total. The highest BCUT2D eigenvalue weighted by Gasteiger charge is 2.33. The van der Waals surface area contributed by atoms with Gasteiger partial charge in [0.25, 0.3) is 0 Å². The van der Waals surface area contributed by atoms with Crippen LogP contribution in [0.4, 0.5) is 13.2 Å². The minimum atomic E-state index is -4.41. The summed E-state index contributed by atoms with van der Waals surface area (Å²) in [5, 5.41) is 2.85. The summed E-state index contributed by atoms with van der Waals surface area (Å²) in [7, 11) is 1.73. The molecule has 19 heavy (non-hydrogen) atoms. The maximum absolute atomic E-state index is 12.8. The van der Waals surface area contributed by atoms with Gasteiger partial charge in [0.05, 0.1) is 18.3 Å². The second-order valence-corrected chi connectivity index (χ2v) is 4.70. The smallest absolute Gasteiger partial charge is 0.417 e. The lowest BCUT2D eigenvalue weighted by Gasteiger charge is -2.09. The highest BCUT2D eigenvalue weighted by atomic mass is 79.9. The van der Waals surface area contributed by atoms with Crippen LogP contribution in [-0.2, 0) is 12.7 Å². The van der Waals surface area contributed by atoms with Crippen molar-refractivity contribution in [3.05, 3.63) is 40.3 Å². The van der Waals surface area contributed by atoms with Crippen LogP contribution < -0.4 is 5.32 Å². The van der Waals surface area contributed by atoms with Crippen LogP contribution in [0.25, 0.3) is 11.3 Å². The van der Waals surface area contributed by atoms with Crippen LogP contribution in [0.1, 0.15) is 11.5 Å². The monoisotopic (exact) mass is 334 g/mol. The van der Waals surface area contributed by atoms with Crippen molar-refractivity contribution in [1.29, 1.82) is 0 Å². The Kier molecular flexibility index (Phi) is 3.96. The fourth-order valence-corrected chi connectivity index (χ4v) is 2.04. The van der Waals surface area contributed by atoms with Crippen molar-refractivity contribution in [2.45, 2.75) is 12.7 Å². The quantitative estimate of drug-likeness (QED) is 0.926. The number of rotatable bonds is 3. The molecular formula is C12H10BrF3N2O. The molecule has 0 atom stereocenters. The molecular weight excluding hydrogens is 325 g/mol. The minimum Gasteiger partial charge on any atom is -0.439 e. The topological polar surface area (TPSA) is 38.1 Å². The van der Waals surface area contributed by atoms with Crippen molar-refractivity contribution in [2.75, 3.05) is 7.05 Å². The van der Waals surface area contributed by atoms with E-state index in [2.05, 4.69) is 26.2 Å². The number of benzene rings is 1. The molecule has 1 heterocycles. The molecule has 0 amide bonds. The number of oxazole rings is 1. The van der Waals surface area contributed by atoms with Crippen LogP contribution in [0.5, 0.6) is 0 Å². The van der Waals surface area contributed by atoms with Gasteiger partial charge in [-0.05, 0) is 19.2 Å². The Morgan fingerprint density at radius 3 is 2.74 bits per heavy atom. The summed E-state index contributed by atoms with van der Waals surface area (Å²) in [6.07, 6.45) is -3.00. The van der Waals surface area contributed by atoms with E-state index in [1.165, 1.54) is 12.3 Å². The van der Waals surface area contributed by atoms with Crippen molar-refractivity contribution < 1.29 is 17.6 Å². The molecule has 0 fully saturated rings. The summed E-state index contributed by atoms with van der Waals surface area (Å²) in [4.78, 5) is 3.97. The summed E-state index contributed by atoms with van der Waals surface area (Å²) < 4.78 is 43.7. The molecule has 1 aromatic carbocycles. The van der Waals surface area contributed by atoms with E-state index in [1.807, 2.05) is 0 Å². The first-order valence-corrected chi connectivity index (χ1v) is 6.17. The van der Waals surface area contributed by atoms with Crippen LogP contribution in [0.2, 0.25) is 0 Å². The molecule has 0 saturated heterocycles. The molecule has 0 aliphatic heterocycles. The number of aromatic nitrogens is 1. The molecule has 0 unspecified atom stereocenters. The van der Waals surface area contributed by atoms with E-state index < -0.39 is 11.7 Å². The average molecular weight is 335 g/mol. The molecule has 7 heteroatoms. The van der Waals surface area contributed by atoms with E-state index in [0.717, 1.165) is 6.07 Å². The zero-order valence-electron chi connectivity index (χ0n) is 9.88. The molecule has 0 aliphatic carbocycles. The second-order valence-electron chi connectivity index (χ2n) is 3.84. The van der Waals surface area contributed by atoms with Gasteiger partial charge < -0.3 is 9.73 Å². The van der Waals surface area contributed by atoms with Gasteiger partial charge in [0.1, 0.15) is 0 Å². The molecule has 0 spiro atoms. The number of hydrogen-bond donors (Lipinski definition) is 1. The molecule has 2 rings (SSSR count). The molecule has 0 saturated carbocycles. The fourth-order valence-electron chi connectivity index (χ4n) is 1.57. The van der Waals surface area contributed by atoms with E-state index in [1.54, 1.807) is 13.1 Å². The third-order valence-corrected chi connectivity index (χ3v) is 3.13. The first-order valence-electron chi connectivity index (χ1n) is 5.38. The minimum absolute atomic E-state index is 0.00119. The third kappa shape index (κ3) is 3.16. The molecule has 0 radical (unpaired) electrons. The van der Waals surface area contributed by atoms with Gasteiger partial charge in [-0.2, -0.15) is 13.2 Å². The van der Waals surface area contributed by atoms with Gasteiger partial charge in [-0.15, -0.1) is 0 Å². The lowest BCUT2D eigenvalue weighted by atomic mass is 10.1. The van der Waals surface area contributed by atoms with Gasteiger partial charge >= 0.3 is 6.18 Å². The van der Waals surface area contributed by atoms with Crippen LogP contribution >= 0.6 is 15.9 Å². The van der Waals surface area contributed by atoms with Gasteiger partial charge in [-0.25, -0.2) is 4.98 Å². The zero-order valence-corrected chi connectivity index (χ0v) is 11.5. The summed E-state index contributed by atoms with van der Waals surface area (Å²) in [5.41, 5.74) is -0.401. The Bertz CT molecular complexity index is 581. The molecule has 0 aliphatic rings. The maximum atomic E-state index is 12.8. The highest BCUT2D eigenvalue weighted by molar-refractivity contribution is 9.10. The number of halogens is 4. The SMILES string of the molecule is CNCc1ncc(-c2ccc(Br)c(C(F)(F)F)c2)o1. The Morgan fingerprint density at radius 1 is 1.37 bits per heavy atom. The molecule has 102 valence electrons. The van der Waals surface area contributed by atoms with Crippen molar-refractivity contribution in [2.24, 2.45) is 0 Å². The van der Waals surface area contributed by atoms with Crippen LogP contribution in [0, 0.1) is 0 Å². The summed E-state index contributed by atoms with van der Waals surface area (Å²) in [5.74, 6) is 0.734. The van der Waals surface area contributed by atoms with Crippen LogP contribution in [0.3, 0.4) is 0 Å². The van der Waals surface area contributed by atoms with E-state index in [-0.39, 0.29) is 4.47 Å². The fraction of sp³-hybridized carbons (Fsp3) is 0.250. The molecule has 0 bridgehead atoms. The number of nitrogens with zero attached hydrogens (tertiary/aromatic N) is 1. The van der Waals surface area contributed by atoms with Crippen molar-refractivity contribution in [1.82, 2.24) is 10.3 Å². The average Bonchev–Trinajstić information content (AvgIpc) is 2.77. The lowest BCUT2D eigenvalue weighted by molar-refractivity contribution is -0.138. The zero-order chi connectivity index (χ0) is 14.0. The van der Waals surface area contributed by atoms with Crippen molar-refractivity contribution >= 4 is 15.9 Å². The highest BCUT2D eigenvalue weighted by Crippen LogP contribution is 2.37. The van der Waals surface area contributed by atoms with E-state index in [9.17, 15) is 13.2 Å². The Morgan fingerprint density at radius 2 is 2.11 bits per heavy atom. The van der Waals surface area contributed by atoms with Gasteiger partial charge in [0.15, 0.2) is 5.76 Å². The number of alkyl halides is 3. The Balaban J connectivity index is 2.39. The van der Waals surface area contributed by atoms with E-state index >= 15 is 0 Å². The van der Waals surface area contributed by atoms with E-state index in [4.69, 9.17) is 4.42 Å². The summed E-state index contributed by atoms with van der Waals surface area (Å²) in [6, 6.07) is 3.93. The van der Waals surface area contributed by atoms with Gasteiger partial charge in [-0.1, -0.05) is 22.0 Å². The summed E-state index contributed by atoms with van der Waals surface area (Å²) >= 11 is 2.89. The molecule has 2 aromatic rings. The normalized spacial score (nSPS) is 11.8. The van der Waals surface area contributed by atoms with E-state index in [0.29, 0.717) is 23.8 Å². The predicted octanol–water partition coefficient (Wildman–Crippen LogP) is 3.84. The standard InChI is InChI=1S/C12H10BrF3N2O/c1-17-6-11-18-5-10(19-11)7-2-3-9(13)8(4-7)12(14,15)16/h2-5,17H,6H2,1H3. The largest absolute Gasteiger partial charge is 0.439 e. The summed E-state index contributed by atoms with van der Waals surface area (Å²) in [6.45, 7) is 0.419. The Hall–Kier alpha value is -1.34. The van der Waals surface area contributed by atoms with Crippen molar-refractivity contribution in [3.8, 4) is 11.3 Å². The van der Waals surface area contributed by atoms with Crippen LogP contribution in [0.15, 0.2) is 33.3 Å². The maximum Gasteiger partial charge on any atom is 0.417 e. The van der Waals surface area contributed by atoms with Crippen LogP contribution in [-0.4, -0.2) is 12.0 Å². The number of hydrogen-bond acceptors (Lipinski definition) is 3. The van der Waals surface area contributed by atoms with Gasteiger partial charge in [0.2, 0.25) is 5.89 Å². The van der Waals surface area contributed by atoms with Crippen molar-refractivity contribution in [3.63, 3.8) is 0 Å². The molecule has 1 N–H and O–H groups in total. The van der Waals surface area contributed by atoms with Gasteiger partial charge in [0, 0.05) is 10.0 Å². The number of nitrogens with one attached hydrogen (secondary N) is 1. The van der Waals surface area contributed by atoms with Gasteiger partial charge in [-0.3, -0.25) is 0 Å². The first-order chi connectivity index (χ1) is 8.91. The molecule has 1 aromatic heterocycles.